The summed E-state index contributed by atoms with van der Waals surface area (Å²) in [4.78, 5) is 0. The normalized spacial score (nSPS) is 12.6. The Kier molecular flexibility index (Phi) is 7.03. The van der Waals surface area contributed by atoms with Crippen LogP contribution in [0.1, 0.15) is 0 Å². The molecule has 0 amide bonds. The predicted molar refractivity (Wildman–Crippen MR) is 301 cm³/mol. The molecule has 0 heterocycles. The Labute approximate surface area is 402 Å². The molecular formula is C70H38. The number of hydrogen-bond donors (Lipinski definition) is 0. The number of fused-ring (bicyclic) bond motifs is 14. The third kappa shape index (κ3) is 4.57. The Balaban J connectivity index is 1.07. The van der Waals surface area contributed by atoms with E-state index in [4.69, 9.17) is 0 Å². The SMILES string of the molecule is c1ccc(-c2ccccc2-c2ccc3cc4c(-c5ccccc5-c5ccccc5)c5c6ccc7c8ccc9c%10c(ccc(c%11ccc(c6c7%11)c5c5c6ccccc6c(c3c2)c45)c%108)-c2ccccc2-9)cc1. The van der Waals surface area contributed by atoms with Gasteiger partial charge in [-0.2, -0.15) is 0 Å². The molecule has 0 heteroatoms. The van der Waals surface area contributed by atoms with Crippen molar-refractivity contribution < 1.29 is 0 Å². The highest BCUT2D eigenvalue weighted by Crippen LogP contribution is 2.58. The molecule has 0 atom stereocenters. The van der Waals surface area contributed by atoms with Crippen LogP contribution in [0.4, 0.5) is 0 Å². The summed E-state index contributed by atoms with van der Waals surface area (Å²) < 4.78 is 0. The zero-order chi connectivity index (χ0) is 45.3. The maximum absolute atomic E-state index is 2.53. The summed E-state index contributed by atoms with van der Waals surface area (Å²) >= 11 is 0. The van der Waals surface area contributed by atoms with E-state index in [1.54, 1.807) is 0 Å². The van der Waals surface area contributed by atoms with E-state index in [0.29, 0.717) is 0 Å². The van der Waals surface area contributed by atoms with Crippen molar-refractivity contribution in [3.05, 3.63) is 231 Å². The van der Waals surface area contributed by atoms with E-state index >= 15 is 0 Å². The van der Waals surface area contributed by atoms with E-state index in [9.17, 15) is 0 Å². The van der Waals surface area contributed by atoms with Crippen LogP contribution in [0.2, 0.25) is 0 Å². The van der Waals surface area contributed by atoms with Crippen molar-refractivity contribution in [3.63, 3.8) is 0 Å². The van der Waals surface area contributed by atoms with Crippen LogP contribution in [0, 0.1) is 0 Å². The zero-order valence-electron chi connectivity index (χ0n) is 37.9. The average Bonchev–Trinajstić information content (AvgIpc) is 4.08. The molecule has 0 aromatic heterocycles. The Hall–Kier alpha value is -9.10. The highest BCUT2D eigenvalue weighted by Gasteiger charge is 2.30. The summed E-state index contributed by atoms with van der Waals surface area (Å²) in [5.41, 5.74) is 15.4. The summed E-state index contributed by atoms with van der Waals surface area (Å²) in [7, 11) is 0. The van der Waals surface area contributed by atoms with E-state index in [2.05, 4.69) is 231 Å². The minimum Gasteiger partial charge on any atom is -0.0622 e. The van der Waals surface area contributed by atoms with Crippen molar-refractivity contribution >= 4 is 108 Å². The fraction of sp³-hybridized carbons (Fsp3) is 0. The Bertz CT molecular complexity index is 4830. The van der Waals surface area contributed by atoms with E-state index in [1.165, 1.54) is 174 Å². The van der Waals surface area contributed by atoms with Gasteiger partial charge in [-0.05, 0) is 187 Å². The van der Waals surface area contributed by atoms with Gasteiger partial charge in [-0.25, -0.2) is 0 Å². The van der Waals surface area contributed by atoms with Crippen LogP contribution in [-0.2, 0) is 0 Å². The molecule has 16 aromatic carbocycles. The van der Waals surface area contributed by atoms with Crippen molar-refractivity contribution in [2.24, 2.45) is 0 Å². The highest BCUT2D eigenvalue weighted by atomic mass is 14.3. The zero-order valence-corrected chi connectivity index (χ0v) is 37.9. The predicted octanol–water partition coefficient (Wildman–Crippen LogP) is 19.8. The molecule has 0 unspecified atom stereocenters. The summed E-state index contributed by atoms with van der Waals surface area (Å²) in [6.45, 7) is 0. The minimum absolute atomic E-state index is 1.22. The number of hydrogen-bond acceptors (Lipinski definition) is 0. The standard InChI is InChI=1S/C70H38/c1-3-15-39(16-4-1)43-19-7-8-21-45(43)41-27-28-42-38-60-65(48-24-12-9-20-44(48)40-17-5-2-6-18-40)68-57-35-33-55-53-31-29-51-46-22-10-11-23-47(46)52-30-32-54(62(53)61(51)52)56-34-36-58(66(57)63(55)56)69(68)67-50-26-14-13-25-49(50)64(70(60)67)59(42)37-41/h1-38H. The lowest BCUT2D eigenvalue weighted by atomic mass is 9.85. The van der Waals surface area contributed by atoms with Gasteiger partial charge in [0.25, 0.3) is 0 Å². The lowest BCUT2D eigenvalue weighted by Gasteiger charge is -2.18. The molecule has 0 radical (unpaired) electrons. The van der Waals surface area contributed by atoms with Gasteiger partial charge in [0.05, 0.1) is 0 Å². The van der Waals surface area contributed by atoms with E-state index in [-0.39, 0.29) is 0 Å². The summed E-state index contributed by atoms with van der Waals surface area (Å²) in [6, 6.07) is 87.3. The van der Waals surface area contributed by atoms with Crippen LogP contribution in [0.5, 0.6) is 0 Å². The molecule has 0 bridgehead atoms. The van der Waals surface area contributed by atoms with Gasteiger partial charge in [0.15, 0.2) is 0 Å². The minimum atomic E-state index is 1.22. The summed E-state index contributed by atoms with van der Waals surface area (Å²) in [5, 5.41) is 26.7. The first-order chi connectivity index (χ1) is 34.8. The van der Waals surface area contributed by atoms with E-state index in [0.717, 1.165) is 0 Å². The van der Waals surface area contributed by atoms with Gasteiger partial charge in [-0.1, -0.05) is 218 Å². The first-order valence-corrected chi connectivity index (χ1v) is 24.6. The first-order valence-electron chi connectivity index (χ1n) is 24.6. The van der Waals surface area contributed by atoms with Gasteiger partial charge in [-0.15, -0.1) is 0 Å². The van der Waals surface area contributed by atoms with E-state index in [1.807, 2.05) is 0 Å². The molecular weight excluding hydrogens is 841 g/mol. The molecule has 0 nitrogen and oxygen atoms in total. The van der Waals surface area contributed by atoms with Crippen LogP contribution in [-0.4, -0.2) is 0 Å². The molecule has 318 valence electrons. The fourth-order valence-corrected chi connectivity index (χ4v) is 13.7. The number of rotatable bonds is 4. The van der Waals surface area contributed by atoms with Crippen molar-refractivity contribution in [1.29, 1.82) is 0 Å². The summed E-state index contributed by atoms with van der Waals surface area (Å²) in [6.07, 6.45) is 0. The lowest BCUT2D eigenvalue weighted by molar-refractivity contribution is 1.60. The third-order valence-electron chi connectivity index (χ3n) is 16.4. The molecule has 1 aliphatic carbocycles. The molecule has 0 saturated carbocycles. The van der Waals surface area contributed by atoms with Crippen molar-refractivity contribution in [3.8, 4) is 66.8 Å². The molecule has 0 saturated heterocycles. The molecule has 70 heavy (non-hydrogen) atoms. The van der Waals surface area contributed by atoms with Crippen molar-refractivity contribution in [1.82, 2.24) is 0 Å². The first kappa shape index (κ1) is 37.0. The number of benzene rings is 14. The monoisotopic (exact) mass is 878 g/mol. The second-order valence-corrected chi connectivity index (χ2v) is 19.7. The van der Waals surface area contributed by atoms with Crippen LogP contribution >= 0.6 is 0 Å². The molecule has 0 aliphatic heterocycles. The third-order valence-corrected chi connectivity index (χ3v) is 16.4. The Morgan fingerprint density at radius 3 is 1.16 bits per heavy atom. The van der Waals surface area contributed by atoms with Crippen LogP contribution in [0.3, 0.4) is 0 Å². The lowest BCUT2D eigenvalue weighted by Crippen LogP contribution is -1.90. The molecule has 0 fully saturated rings. The Morgan fingerprint density at radius 2 is 0.543 bits per heavy atom. The van der Waals surface area contributed by atoms with Crippen LogP contribution in [0.25, 0.3) is 174 Å². The second kappa shape index (κ2) is 13.3. The molecule has 0 N–H and O–H groups in total. The molecule has 16 aromatic rings. The van der Waals surface area contributed by atoms with Crippen LogP contribution < -0.4 is 0 Å². The maximum atomic E-state index is 2.53. The van der Waals surface area contributed by atoms with Gasteiger partial charge >= 0.3 is 0 Å². The average molecular weight is 879 g/mol. The highest BCUT2D eigenvalue weighted by molar-refractivity contribution is 6.53. The van der Waals surface area contributed by atoms with Crippen molar-refractivity contribution in [2.75, 3.05) is 0 Å². The molecule has 1 aliphatic rings. The topological polar surface area (TPSA) is 0 Å². The van der Waals surface area contributed by atoms with Gasteiger partial charge in [0.2, 0.25) is 0 Å². The largest absolute Gasteiger partial charge is 0.0622 e. The Morgan fingerprint density at radius 1 is 0.157 bits per heavy atom. The molecule has 17 rings (SSSR count). The van der Waals surface area contributed by atoms with E-state index < -0.39 is 0 Å². The maximum Gasteiger partial charge on any atom is -0.000695 e. The molecule has 0 spiro atoms. The van der Waals surface area contributed by atoms with Gasteiger partial charge in [-0.3, -0.25) is 0 Å². The fourth-order valence-electron chi connectivity index (χ4n) is 13.7. The van der Waals surface area contributed by atoms with Crippen LogP contribution in [0.15, 0.2) is 231 Å². The smallest absolute Gasteiger partial charge is 0.000695 e. The quantitative estimate of drug-likeness (QED) is 0.122. The van der Waals surface area contributed by atoms with Gasteiger partial charge < -0.3 is 0 Å². The second-order valence-electron chi connectivity index (χ2n) is 19.7. The van der Waals surface area contributed by atoms with Gasteiger partial charge in [0.1, 0.15) is 0 Å². The van der Waals surface area contributed by atoms with Crippen molar-refractivity contribution in [2.45, 2.75) is 0 Å². The van der Waals surface area contributed by atoms with Gasteiger partial charge in [0, 0.05) is 0 Å². The summed E-state index contributed by atoms with van der Waals surface area (Å²) in [5.74, 6) is 0.